The summed E-state index contributed by atoms with van der Waals surface area (Å²) in [4.78, 5) is 21.6. The molecule has 1 atom stereocenters. The van der Waals surface area contributed by atoms with Crippen molar-refractivity contribution in [1.82, 2.24) is 19.5 Å². The van der Waals surface area contributed by atoms with Gasteiger partial charge in [0.25, 0.3) is 5.91 Å². The maximum Gasteiger partial charge on any atom is 0.254 e. The molecular formula is C21H23N5O2. The van der Waals surface area contributed by atoms with Crippen LogP contribution in [0, 0.1) is 0 Å². The monoisotopic (exact) mass is 377 g/mol. The van der Waals surface area contributed by atoms with Crippen molar-refractivity contribution in [2.24, 2.45) is 0 Å². The highest BCUT2D eigenvalue weighted by molar-refractivity contribution is 5.94. The summed E-state index contributed by atoms with van der Waals surface area (Å²) >= 11 is 0. The predicted molar refractivity (Wildman–Crippen MR) is 105 cm³/mol. The van der Waals surface area contributed by atoms with Crippen LogP contribution >= 0.6 is 0 Å². The summed E-state index contributed by atoms with van der Waals surface area (Å²) in [6.45, 7) is 3.71. The lowest BCUT2D eigenvalue weighted by molar-refractivity contribution is -0.0266. The molecule has 1 amide bonds. The van der Waals surface area contributed by atoms with E-state index in [4.69, 9.17) is 4.74 Å². The largest absolute Gasteiger partial charge is 0.370 e. The maximum atomic E-state index is 12.8. The summed E-state index contributed by atoms with van der Waals surface area (Å²) in [6.07, 6.45) is 4.20. The van der Waals surface area contributed by atoms with Gasteiger partial charge in [0.15, 0.2) is 11.5 Å². The molecule has 1 aromatic carbocycles. The lowest BCUT2D eigenvalue weighted by atomic mass is 10.1. The number of anilines is 1. The van der Waals surface area contributed by atoms with E-state index in [1.165, 1.54) is 18.5 Å². The number of amides is 1. The number of morpholine rings is 1. The average Bonchev–Trinajstić information content (AvgIpc) is 3.43. The van der Waals surface area contributed by atoms with Crippen molar-refractivity contribution in [1.29, 1.82) is 0 Å². The number of nitrogens with zero attached hydrogens (tertiary/aromatic N) is 5. The SMILES string of the molecule is O=C(c1ccccc1)N1CCO[C@H](c2nc3ccc(N4CCCC4)cn3n2)C1. The minimum atomic E-state index is -0.309. The first-order valence-electron chi connectivity index (χ1n) is 9.85. The van der Waals surface area contributed by atoms with Gasteiger partial charge in [0.1, 0.15) is 6.10 Å². The fourth-order valence-corrected chi connectivity index (χ4v) is 3.94. The van der Waals surface area contributed by atoms with Crippen LogP contribution in [-0.2, 0) is 4.74 Å². The Bertz CT molecular complexity index is 981. The molecule has 4 heterocycles. The fourth-order valence-electron chi connectivity index (χ4n) is 3.94. The van der Waals surface area contributed by atoms with Crippen LogP contribution in [0.2, 0.25) is 0 Å². The first kappa shape index (κ1) is 17.2. The van der Waals surface area contributed by atoms with Crippen molar-refractivity contribution in [2.75, 3.05) is 37.7 Å². The minimum absolute atomic E-state index is 0.0222. The average molecular weight is 377 g/mol. The van der Waals surface area contributed by atoms with Gasteiger partial charge in [-0.05, 0) is 37.1 Å². The van der Waals surface area contributed by atoms with E-state index >= 15 is 0 Å². The number of rotatable bonds is 3. The topological polar surface area (TPSA) is 63.0 Å². The van der Waals surface area contributed by atoms with E-state index in [0.717, 1.165) is 18.7 Å². The zero-order valence-corrected chi connectivity index (χ0v) is 15.7. The highest BCUT2D eigenvalue weighted by Gasteiger charge is 2.29. The number of carbonyl (C=O) groups is 1. The van der Waals surface area contributed by atoms with E-state index in [-0.39, 0.29) is 12.0 Å². The van der Waals surface area contributed by atoms with Gasteiger partial charge in [-0.3, -0.25) is 4.79 Å². The van der Waals surface area contributed by atoms with Crippen LogP contribution in [0.5, 0.6) is 0 Å². The van der Waals surface area contributed by atoms with Gasteiger partial charge < -0.3 is 14.5 Å². The quantitative estimate of drug-likeness (QED) is 0.702. The molecule has 3 aromatic rings. The number of aromatic nitrogens is 3. The molecular weight excluding hydrogens is 354 g/mol. The van der Waals surface area contributed by atoms with Gasteiger partial charge in [-0.25, -0.2) is 9.50 Å². The van der Waals surface area contributed by atoms with Crippen molar-refractivity contribution in [3.05, 3.63) is 60.0 Å². The molecule has 0 spiro atoms. The number of ether oxygens (including phenoxy) is 1. The van der Waals surface area contributed by atoms with E-state index in [2.05, 4.69) is 21.0 Å². The number of hydrogen-bond donors (Lipinski definition) is 0. The van der Waals surface area contributed by atoms with Crippen LogP contribution in [0.1, 0.15) is 35.1 Å². The molecule has 2 aliphatic heterocycles. The Balaban J connectivity index is 1.36. The second-order valence-electron chi connectivity index (χ2n) is 7.33. The van der Waals surface area contributed by atoms with Crippen LogP contribution in [0.3, 0.4) is 0 Å². The molecule has 5 rings (SSSR count). The molecule has 0 unspecified atom stereocenters. The van der Waals surface area contributed by atoms with Gasteiger partial charge in [-0.15, -0.1) is 5.10 Å². The third-order valence-electron chi connectivity index (χ3n) is 5.47. The van der Waals surface area contributed by atoms with Crippen molar-refractivity contribution in [2.45, 2.75) is 18.9 Å². The van der Waals surface area contributed by atoms with Crippen molar-refractivity contribution >= 4 is 17.2 Å². The summed E-state index contributed by atoms with van der Waals surface area (Å²) in [5.74, 6) is 0.651. The summed E-state index contributed by atoms with van der Waals surface area (Å²) in [6, 6.07) is 13.5. The smallest absolute Gasteiger partial charge is 0.254 e. The third kappa shape index (κ3) is 3.22. The molecule has 2 aliphatic rings. The molecule has 0 saturated carbocycles. The second kappa shape index (κ2) is 7.24. The summed E-state index contributed by atoms with van der Waals surface area (Å²) in [7, 11) is 0. The normalized spacial score (nSPS) is 20.1. The Morgan fingerprint density at radius 1 is 1.04 bits per heavy atom. The van der Waals surface area contributed by atoms with Crippen molar-refractivity contribution in [3.8, 4) is 0 Å². The summed E-state index contributed by atoms with van der Waals surface area (Å²) in [5.41, 5.74) is 2.67. The summed E-state index contributed by atoms with van der Waals surface area (Å²) in [5, 5.41) is 4.65. The molecule has 28 heavy (non-hydrogen) atoms. The Morgan fingerprint density at radius 3 is 2.68 bits per heavy atom. The second-order valence-corrected chi connectivity index (χ2v) is 7.33. The van der Waals surface area contributed by atoms with Gasteiger partial charge in [0.05, 0.1) is 25.0 Å². The van der Waals surface area contributed by atoms with Gasteiger partial charge in [-0.1, -0.05) is 18.2 Å². The van der Waals surface area contributed by atoms with Crippen LogP contribution < -0.4 is 4.90 Å². The van der Waals surface area contributed by atoms with E-state index in [1.807, 2.05) is 52.0 Å². The molecule has 7 heteroatoms. The standard InChI is InChI=1S/C21H23N5O2/c27-21(16-6-2-1-3-7-16)25-12-13-28-18(15-25)20-22-19-9-8-17(14-26(19)23-20)24-10-4-5-11-24/h1-3,6-9,14,18H,4-5,10-13,15H2/t18-/m0/s1. The minimum Gasteiger partial charge on any atom is -0.370 e. The van der Waals surface area contributed by atoms with Gasteiger partial charge >= 0.3 is 0 Å². The molecule has 2 fully saturated rings. The molecule has 0 radical (unpaired) electrons. The van der Waals surface area contributed by atoms with Gasteiger partial charge in [0, 0.05) is 25.2 Å². The molecule has 7 nitrogen and oxygen atoms in total. The first-order valence-corrected chi connectivity index (χ1v) is 9.85. The molecule has 144 valence electrons. The number of carbonyl (C=O) groups excluding carboxylic acids is 1. The highest BCUT2D eigenvalue weighted by atomic mass is 16.5. The van der Waals surface area contributed by atoms with Crippen LogP contribution in [0.25, 0.3) is 5.65 Å². The Kier molecular flexibility index (Phi) is 4.44. The predicted octanol–water partition coefficient (Wildman–Crippen LogP) is 2.54. The van der Waals surface area contributed by atoms with E-state index in [1.54, 1.807) is 0 Å². The number of pyridine rings is 1. The highest BCUT2D eigenvalue weighted by Crippen LogP contribution is 2.24. The van der Waals surface area contributed by atoms with E-state index < -0.39 is 0 Å². The number of benzene rings is 1. The molecule has 0 aliphatic carbocycles. The lowest BCUT2D eigenvalue weighted by Crippen LogP contribution is -2.42. The molecule has 0 N–H and O–H groups in total. The fraction of sp³-hybridized carbons (Fsp3) is 0.381. The van der Waals surface area contributed by atoms with Crippen molar-refractivity contribution < 1.29 is 9.53 Å². The van der Waals surface area contributed by atoms with Crippen LogP contribution in [0.15, 0.2) is 48.7 Å². The number of hydrogen-bond acceptors (Lipinski definition) is 5. The van der Waals surface area contributed by atoms with Crippen LogP contribution in [-0.4, -0.2) is 58.2 Å². The maximum absolute atomic E-state index is 12.8. The lowest BCUT2D eigenvalue weighted by Gasteiger charge is -2.31. The number of fused-ring (bicyclic) bond motifs is 1. The first-order chi connectivity index (χ1) is 13.8. The Labute approximate surface area is 163 Å². The van der Waals surface area contributed by atoms with Crippen LogP contribution in [0.4, 0.5) is 5.69 Å². The third-order valence-corrected chi connectivity index (χ3v) is 5.47. The van der Waals surface area contributed by atoms with Gasteiger partial charge in [-0.2, -0.15) is 0 Å². The molecule has 2 aromatic heterocycles. The van der Waals surface area contributed by atoms with Crippen molar-refractivity contribution in [3.63, 3.8) is 0 Å². The Morgan fingerprint density at radius 2 is 1.86 bits per heavy atom. The Hall–Kier alpha value is -2.93. The zero-order valence-electron chi connectivity index (χ0n) is 15.7. The van der Waals surface area contributed by atoms with E-state index in [9.17, 15) is 4.79 Å². The van der Waals surface area contributed by atoms with E-state index in [0.29, 0.717) is 31.1 Å². The molecule has 2 saturated heterocycles. The summed E-state index contributed by atoms with van der Waals surface area (Å²) < 4.78 is 7.72. The zero-order chi connectivity index (χ0) is 18.9. The molecule has 0 bridgehead atoms. The van der Waals surface area contributed by atoms with Gasteiger partial charge in [0.2, 0.25) is 0 Å².